The number of carbonyl (C=O) groups excluding carboxylic acids is 4. The van der Waals surface area contributed by atoms with Crippen molar-refractivity contribution in [2.75, 3.05) is 6.61 Å². The van der Waals surface area contributed by atoms with Crippen LogP contribution in [-0.4, -0.2) is 30.5 Å². The summed E-state index contributed by atoms with van der Waals surface area (Å²) in [5.41, 5.74) is 0.522. The summed E-state index contributed by atoms with van der Waals surface area (Å²) in [6, 6.07) is 8.59. The van der Waals surface area contributed by atoms with Gasteiger partial charge in [-0.2, -0.15) is 0 Å². The molecule has 0 spiro atoms. The molecule has 36 heavy (non-hydrogen) atoms. The first-order chi connectivity index (χ1) is 17.3. The molecule has 0 atom stereocenters. The molecule has 2 aromatic rings. The smallest absolute Gasteiger partial charge is 0.335 e. The molecular weight excluding hydrogens is 468 g/mol. The third-order valence-corrected chi connectivity index (χ3v) is 3.95. The molecule has 0 heterocycles. The fraction of sp³-hybridized carbons (Fsp3) is 0.0370. The lowest BCUT2D eigenvalue weighted by molar-refractivity contribution is -0.130. The average Bonchev–Trinajstić information content (AvgIpc) is 2.86. The lowest BCUT2D eigenvalue weighted by Crippen LogP contribution is -2.06. The molecule has 0 amide bonds. The molecule has 0 saturated carbocycles. The molecule has 0 saturated heterocycles. The molecule has 2 aromatic carbocycles. The summed E-state index contributed by atoms with van der Waals surface area (Å²) >= 11 is 0. The van der Waals surface area contributed by atoms with E-state index in [-0.39, 0.29) is 35.4 Å². The van der Waals surface area contributed by atoms with Gasteiger partial charge in [0.1, 0.15) is 35.4 Å². The number of esters is 4. The highest BCUT2D eigenvalue weighted by molar-refractivity contribution is 5.85. The molecule has 184 valence electrons. The van der Waals surface area contributed by atoms with E-state index in [1.165, 1.54) is 36.4 Å². The summed E-state index contributed by atoms with van der Waals surface area (Å²) < 4.78 is 26.0. The van der Waals surface area contributed by atoms with Gasteiger partial charge in [0.15, 0.2) is 0 Å². The quantitative estimate of drug-likeness (QED) is 0.246. The minimum atomic E-state index is -0.710. The third kappa shape index (κ3) is 8.99. The minimum absolute atomic E-state index is 0.0339. The first-order valence-electron chi connectivity index (χ1n) is 10.2. The SMILES string of the molecule is C=CC(=O)Oc1cc(/C=C/COc2cc(OC(=O)C=C)cc(OC(=O)C=C)c2)cc(OC(=O)C=C)c1. The number of carbonyl (C=O) groups is 4. The lowest BCUT2D eigenvalue weighted by Gasteiger charge is -2.10. The Labute approximate surface area is 207 Å². The summed E-state index contributed by atoms with van der Waals surface area (Å²) in [4.78, 5) is 46.2. The molecule has 0 aliphatic rings. The van der Waals surface area contributed by atoms with E-state index >= 15 is 0 Å². The maximum absolute atomic E-state index is 11.6. The molecule has 0 aliphatic carbocycles. The van der Waals surface area contributed by atoms with E-state index in [1.54, 1.807) is 12.2 Å². The monoisotopic (exact) mass is 490 g/mol. The van der Waals surface area contributed by atoms with Crippen LogP contribution in [0.25, 0.3) is 6.08 Å². The van der Waals surface area contributed by atoms with Crippen molar-refractivity contribution in [3.8, 4) is 28.7 Å². The van der Waals surface area contributed by atoms with Gasteiger partial charge in [-0.25, -0.2) is 19.2 Å². The van der Waals surface area contributed by atoms with Gasteiger partial charge in [0.25, 0.3) is 0 Å². The summed E-state index contributed by atoms with van der Waals surface area (Å²) in [5, 5.41) is 0. The van der Waals surface area contributed by atoms with Gasteiger partial charge in [0.05, 0.1) is 0 Å². The van der Waals surface area contributed by atoms with Crippen molar-refractivity contribution in [3.63, 3.8) is 0 Å². The third-order valence-electron chi connectivity index (χ3n) is 3.95. The number of hydrogen-bond donors (Lipinski definition) is 0. The van der Waals surface area contributed by atoms with Crippen LogP contribution in [0.3, 0.4) is 0 Å². The normalized spacial score (nSPS) is 10.0. The molecule has 9 nitrogen and oxygen atoms in total. The van der Waals surface area contributed by atoms with Gasteiger partial charge in [-0.15, -0.1) is 0 Å². The van der Waals surface area contributed by atoms with Crippen LogP contribution in [0.1, 0.15) is 5.56 Å². The Morgan fingerprint density at radius 1 is 0.556 bits per heavy atom. The lowest BCUT2D eigenvalue weighted by atomic mass is 10.2. The molecule has 9 heteroatoms. The second-order valence-electron chi connectivity index (χ2n) is 6.59. The fourth-order valence-electron chi connectivity index (χ4n) is 2.51. The van der Waals surface area contributed by atoms with E-state index in [1.807, 2.05) is 0 Å². The van der Waals surface area contributed by atoms with E-state index in [2.05, 4.69) is 26.3 Å². The Morgan fingerprint density at radius 2 is 0.889 bits per heavy atom. The van der Waals surface area contributed by atoms with Crippen LogP contribution in [0, 0.1) is 0 Å². The summed E-state index contributed by atoms with van der Waals surface area (Å²) in [5.74, 6) is -2.18. The van der Waals surface area contributed by atoms with Crippen molar-refractivity contribution >= 4 is 30.0 Å². The van der Waals surface area contributed by atoms with Crippen LogP contribution in [-0.2, 0) is 19.2 Å². The minimum Gasteiger partial charge on any atom is -0.489 e. The topological polar surface area (TPSA) is 114 Å². The van der Waals surface area contributed by atoms with Crippen molar-refractivity contribution in [2.45, 2.75) is 0 Å². The van der Waals surface area contributed by atoms with E-state index in [9.17, 15) is 19.2 Å². The molecular formula is C27H22O9. The maximum atomic E-state index is 11.6. The van der Waals surface area contributed by atoms with E-state index in [4.69, 9.17) is 23.7 Å². The Morgan fingerprint density at radius 3 is 1.25 bits per heavy atom. The molecule has 0 bridgehead atoms. The molecule has 0 radical (unpaired) electrons. The molecule has 0 aromatic heterocycles. The Balaban J connectivity index is 2.21. The van der Waals surface area contributed by atoms with Crippen LogP contribution in [0.5, 0.6) is 28.7 Å². The van der Waals surface area contributed by atoms with Crippen LogP contribution in [0.15, 0.2) is 93.1 Å². The molecule has 0 N–H and O–H groups in total. The highest BCUT2D eigenvalue weighted by Crippen LogP contribution is 2.29. The van der Waals surface area contributed by atoms with Crippen molar-refractivity contribution in [2.24, 2.45) is 0 Å². The second kappa shape index (κ2) is 13.5. The Hall–Kier alpha value is -5.18. The van der Waals surface area contributed by atoms with E-state index in [0.29, 0.717) is 5.56 Å². The van der Waals surface area contributed by atoms with Gasteiger partial charge in [-0.05, 0) is 23.8 Å². The van der Waals surface area contributed by atoms with Gasteiger partial charge in [-0.3, -0.25) is 0 Å². The summed E-state index contributed by atoms with van der Waals surface area (Å²) in [6.45, 7) is 13.4. The molecule has 0 aliphatic heterocycles. The molecule has 0 unspecified atom stereocenters. The number of ether oxygens (including phenoxy) is 5. The summed E-state index contributed by atoms with van der Waals surface area (Å²) in [6.07, 6.45) is 7.18. The van der Waals surface area contributed by atoms with Crippen LogP contribution in [0.4, 0.5) is 0 Å². The highest BCUT2D eigenvalue weighted by Gasteiger charge is 2.10. The van der Waals surface area contributed by atoms with Crippen molar-refractivity contribution in [1.29, 1.82) is 0 Å². The van der Waals surface area contributed by atoms with Crippen molar-refractivity contribution in [3.05, 3.63) is 98.7 Å². The summed E-state index contributed by atoms with van der Waals surface area (Å²) in [7, 11) is 0. The molecule has 2 rings (SSSR count). The van der Waals surface area contributed by atoms with E-state index < -0.39 is 23.9 Å². The van der Waals surface area contributed by atoms with Crippen LogP contribution < -0.4 is 23.7 Å². The zero-order valence-electron chi connectivity index (χ0n) is 19.1. The second-order valence-corrected chi connectivity index (χ2v) is 6.59. The number of hydrogen-bond acceptors (Lipinski definition) is 9. The highest BCUT2D eigenvalue weighted by atomic mass is 16.6. The Bertz CT molecular complexity index is 1160. The van der Waals surface area contributed by atoms with Crippen molar-refractivity contribution in [1.82, 2.24) is 0 Å². The van der Waals surface area contributed by atoms with Gasteiger partial charge in [0.2, 0.25) is 0 Å². The largest absolute Gasteiger partial charge is 0.489 e. The predicted octanol–water partition coefficient (Wildman–Crippen LogP) is 4.14. The first kappa shape index (κ1) is 27.1. The number of rotatable bonds is 12. The first-order valence-corrected chi connectivity index (χ1v) is 10.2. The van der Waals surface area contributed by atoms with Crippen LogP contribution >= 0.6 is 0 Å². The van der Waals surface area contributed by atoms with Crippen LogP contribution in [0.2, 0.25) is 0 Å². The maximum Gasteiger partial charge on any atom is 0.335 e. The number of benzene rings is 2. The molecule has 0 fully saturated rings. The zero-order chi connectivity index (χ0) is 26.5. The fourth-order valence-corrected chi connectivity index (χ4v) is 2.51. The van der Waals surface area contributed by atoms with E-state index in [0.717, 1.165) is 24.3 Å². The Kier molecular flexibility index (Phi) is 10.2. The van der Waals surface area contributed by atoms with Gasteiger partial charge in [-0.1, -0.05) is 32.4 Å². The van der Waals surface area contributed by atoms with Crippen molar-refractivity contribution < 1.29 is 42.9 Å². The standard InChI is InChI=1S/C27H22O9/c1-5-24(28)33-20-12-18(13-21(16-20)34-25(29)6-2)10-9-11-32-19-14-22(35-26(30)7-3)17-23(15-19)36-27(31)8-4/h5-10,12-17H,1-4,11H2/b10-9+. The van der Waals surface area contributed by atoms with Gasteiger partial charge < -0.3 is 23.7 Å². The average molecular weight is 490 g/mol. The zero-order valence-corrected chi connectivity index (χ0v) is 19.1. The van der Waals surface area contributed by atoms with Gasteiger partial charge >= 0.3 is 23.9 Å². The van der Waals surface area contributed by atoms with Gasteiger partial charge in [0, 0.05) is 48.6 Å². The predicted molar refractivity (Wildman–Crippen MR) is 131 cm³/mol.